The van der Waals surface area contributed by atoms with Gasteiger partial charge in [-0.15, -0.1) is 0 Å². The third-order valence-electron chi connectivity index (χ3n) is 3.33. The number of carbonyl (C=O) groups is 1. The summed E-state index contributed by atoms with van der Waals surface area (Å²) in [7, 11) is 0. The molecule has 2 aromatic carbocycles. The molecule has 0 spiro atoms. The number of nitrogens with one attached hydrogen (secondary N) is 2. The van der Waals surface area contributed by atoms with Crippen LogP contribution in [-0.4, -0.2) is 25.2 Å². The number of hydrogen-bond acceptors (Lipinski definition) is 3. The van der Waals surface area contributed by atoms with Gasteiger partial charge in [0.15, 0.2) is 0 Å². The highest BCUT2D eigenvalue weighted by Crippen LogP contribution is 2.25. The van der Waals surface area contributed by atoms with Crippen LogP contribution < -0.4 is 15.4 Å². The van der Waals surface area contributed by atoms with Gasteiger partial charge in [0.05, 0.1) is 0 Å². The van der Waals surface area contributed by atoms with Gasteiger partial charge in [0.25, 0.3) is 0 Å². The molecular formula is C15H16N2O2. The highest BCUT2D eigenvalue weighted by molar-refractivity contribution is 5.90. The van der Waals surface area contributed by atoms with Crippen LogP contribution in [0.5, 0.6) is 5.75 Å². The number of hydrogen-bond donors (Lipinski definition) is 2. The van der Waals surface area contributed by atoms with E-state index in [4.69, 9.17) is 4.74 Å². The van der Waals surface area contributed by atoms with E-state index in [-0.39, 0.29) is 12.1 Å². The highest BCUT2D eigenvalue weighted by atomic mass is 16.6. The third kappa shape index (κ3) is 2.69. The molecule has 19 heavy (non-hydrogen) atoms. The van der Waals surface area contributed by atoms with Crippen LogP contribution >= 0.6 is 0 Å². The van der Waals surface area contributed by atoms with Gasteiger partial charge in [-0.3, -0.25) is 0 Å². The summed E-state index contributed by atoms with van der Waals surface area (Å²) in [5.41, 5.74) is 0. The molecular weight excluding hydrogens is 240 g/mol. The molecule has 1 aliphatic rings. The Bertz CT molecular complexity index is 586. The number of amides is 1. The minimum Gasteiger partial charge on any atom is -0.410 e. The average molecular weight is 256 g/mol. The van der Waals surface area contributed by atoms with E-state index in [1.54, 1.807) is 0 Å². The lowest BCUT2D eigenvalue weighted by molar-refractivity contribution is 0.197. The first kappa shape index (κ1) is 12.0. The van der Waals surface area contributed by atoms with Gasteiger partial charge < -0.3 is 15.4 Å². The fourth-order valence-corrected chi connectivity index (χ4v) is 2.36. The molecule has 2 aromatic rings. The van der Waals surface area contributed by atoms with Crippen LogP contribution in [0.3, 0.4) is 0 Å². The maximum Gasteiger partial charge on any atom is 0.412 e. The van der Waals surface area contributed by atoms with Crippen molar-refractivity contribution in [3.8, 4) is 5.75 Å². The van der Waals surface area contributed by atoms with Crippen LogP contribution in [0.25, 0.3) is 10.8 Å². The minimum absolute atomic E-state index is 0.169. The second kappa shape index (κ2) is 5.28. The van der Waals surface area contributed by atoms with Gasteiger partial charge in [0.2, 0.25) is 0 Å². The second-order valence-electron chi connectivity index (χ2n) is 4.70. The van der Waals surface area contributed by atoms with Crippen LogP contribution in [0.2, 0.25) is 0 Å². The van der Waals surface area contributed by atoms with Gasteiger partial charge in [0, 0.05) is 18.0 Å². The summed E-state index contributed by atoms with van der Waals surface area (Å²) in [6.45, 7) is 1.75. The molecule has 98 valence electrons. The van der Waals surface area contributed by atoms with Gasteiger partial charge in [-0.1, -0.05) is 36.4 Å². The van der Waals surface area contributed by atoms with Crippen molar-refractivity contribution >= 4 is 16.9 Å². The lowest BCUT2D eigenvalue weighted by Gasteiger charge is -2.12. The SMILES string of the molecule is O=C(NC1CCNC1)Oc1cccc2ccccc12. The third-order valence-corrected chi connectivity index (χ3v) is 3.33. The maximum absolute atomic E-state index is 11.9. The minimum atomic E-state index is -0.384. The summed E-state index contributed by atoms with van der Waals surface area (Å²) in [4.78, 5) is 11.9. The predicted octanol–water partition coefficient (Wildman–Crippen LogP) is 2.29. The molecule has 1 unspecified atom stereocenters. The summed E-state index contributed by atoms with van der Waals surface area (Å²) in [6.07, 6.45) is 0.565. The second-order valence-corrected chi connectivity index (χ2v) is 4.70. The van der Waals surface area contributed by atoms with Crippen LogP contribution in [-0.2, 0) is 0 Å². The molecule has 0 aliphatic carbocycles. The first-order valence-electron chi connectivity index (χ1n) is 6.50. The fraction of sp³-hybridized carbons (Fsp3) is 0.267. The Morgan fingerprint density at radius 2 is 2.05 bits per heavy atom. The average Bonchev–Trinajstić information content (AvgIpc) is 2.92. The van der Waals surface area contributed by atoms with Gasteiger partial charge >= 0.3 is 6.09 Å². The number of ether oxygens (including phenoxy) is 1. The zero-order valence-electron chi connectivity index (χ0n) is 10.6. The molecule has 0 aromatic heterocycles. The standard InChI is InChI=1S/C15H16N2O2/c18-15(17-12-8-9-16-10-12)19-14-7-3-5-11-4-1-2-6-13(11)14/h1-7,12,16H,8-10H2,(H,17,18). The molecule has 3 rings (SSSR count). The van der Waals surface area contributed by atoms with Crippen molar-refractivity contribution in [3.63, 3.8) is 0 Å². The van der Waals surface area contributed by atoms with E-state index in [2.05, 4.69) is 10.6 Å². The molecule has 0 bridgehead atoms. The molecule has 4 heteroatoms. The van der Waals surface area contributed by atoms with E-state index in [0.717, 1.165) is 30.3 Å². The Kier molecular flexibility index (Phi) is 3.33. The molecule has 4 nitrogen and oxygen atoms in total. The summed E-state index contributed by atoms with van der Waals surface area (Å²) in [5.74, 6) is 0.599. The summed E-state index contributed by atoms with van der Waals surface area (Å²) < 4.78 is 5.41. The van der Waals surface area contributed by atoms with Crippen LogP contribution in [0.15, 0.2) is 42.5 Å². The number of benzene rings is 2. The molecule has 1 fully saturated rings. The quantitative estimate of drug-likeness (QED) is 0.866. The van der Waals surface area contributed by atoms with Crippen LogP contribution in [0.4, 0.5) is 4.79 Å². The summed E-state index contributed by atoms with van der Waals surface area (Å²) >= 11 is 0. The number of carbonyl (C=O) groups excluding carboxylic acids is 1. The van der Waals surface area contributed by atoms with E-state index < -0.39 is 0 Å². The van der Waals surface area contributed by atoms with Crippen molar-refractivity contribution in [1.82, 2.24) is 10.6 Å². The van der Waals surface area contributed by atoms with Crippen molar-refractivity contribution in [2.24, 2.45) is 0 Å². The Hall–Kier alpha value is -2.07. The Morgan fingerprint density at radius 1 is 1.21 bits per heavy atom. The lowest BCUT2D eigenvalue weighted by Crippen LogP contribution is -2.38. The number of rotatable bonds is 2. The maximum atomic E-state index is 11.9. The monoisotopic (exact) mass is 256 g/mol. The molecule has 1 amide bonds. The van der Waals surface area contributed by atoms with E-state index in [0.29, 0.717) is 5.75 Å². The lowest BCUT2D eigenvalue weighted by atomic mass is 10.1. The van der Waals surface area contributed by atoms with Crippen molar-refractivity contribution in [1.29, 1.82) is 0 Å². The molecule has 2 N–H and O–H groups in total. The summed E-state index contributed by atoms with van der Waals surface area (Å²) in [6, 6.07) is 13.7. The topological polar surface area (TPSA) is 50.4 Å². The van der Waals surface area contributed by atoms with E-state index in [1.165, 1.54) is 0 Å². The first-order chi connectivity index (χ1) is 9.33. The van der Waals surface area contributed by atoms with Crippen molar-refractivity contribution in [2.75, 3.05) is 13.1 Å². The fourth-order valence-electron chi connectivity index (χ4n) is 2.36. The van der Waals surface area contributed by atoms with Crippen LogP contribution in [0, 0.1) is 0 Å². The van der Waals surface area contributed by atoms with E-state index in [9.17, 15) is 4.79 Å². The molecule has 0 saturated carbocycles. The Labute approximate surface area is 111 Å². The zero-order valence-corrected chi connectivity index (χ0v) is 10.6. The van der Waals surface area contributed by atoms with Gasteiger partial charge in [0.1, 0.15) is 5.75 Å². The smallest absolute Gasteiger partial charge is 0.410 e. The largest absolute Gasteiger partial charge is 0.412 e. The van der Waals surface area contributed by atoms with E-state index >= 15 is 0 Å². The molecule has 1 saturated heterocycles. The molecule has 1 atom stereocenters. The highest BCUT2D eigenvalue weighted by Gasteiger charge is 2.18. The normalized spacial score (nSPS) is 18.4. The molecule has 1 aliphatic heterocycles. The van der Waals surface area contributed by atoms with Crippen molar-refractivity contribution in [3.05, 3.63) is 42.5 Å². The van der Waals surface area contributed by atoms with Crippen molar-refractivity contribution in [2.45, 2.75) is 12.5 Å². The van der Waals surface area contributed by atoms with E-state index in [1.807, 2.05) is 42.5 Å². The zero-order chi connectivity index (χ0) is 13.1. The van der Waals surface area contributed by atoms with Gasteiger partial charge in [-0.2, -0.15) is 0 Å². The first-order valence-corrected chi connectivity index (χ1v) is 6.50. The molecule has 0 radical (unpaired) electrons. The van der Waals surface area contributed by atoms with Gasteiger partial charge in [-0.05, 0) is 24.4 Å². The Balaban J connectivity index is 1.75. The predicted molar refractivity (Wildman–Crippen MR) is 74.4 cm³/mol. The van der Waals surface area contributed by atoms with Crippen LogP contribution in [0.1, 0.15) is 6.42 Å². The summed E-state index contributed by atoms with van der Waals surface area (Å²) in [5, 5.41) is 8.08. The number of fused-ring (bicyclic) bond motifs is 1. The van der Waals surface area contributed by atoms with Crippen molar-refractivity contribution < 1.29 is 9.53 Å². The van der Waals surface area contributed by atoms with Gasteiger partial charge in [-0.25, -0.2) is 4.79 Å². The molecule has 1 heterocycles. The Morgan fingerprint density at radius 3 is 2.89 bits per heavy atom.